The van der Waals surface area contributed by atoms with Crippen molar-refractivity contribution in [3.63, 3.8) is 0 Å². The van der Waals surface area contributed by atoms with Gasteiger partial charge in [0.1, 0.15) is 0 Å². The van der Waals surface area contributed by atoms with Gasteiger partial charge in [0.25, 0.3) is 0 Å². The van der Waals surface area contributed by atoms with E-state index in [1.807, 2.05) is 18.2 Å². The van der Waals surface area contributed by atoms with Crippen molar-refractivity contribution >= 4 is 65.9 Å². The predicted octanol–water partition coefficient (Wildman–Crippen LogP) is 8.68. The number of benzene rings is 8. The average Bonchev–Trinajstić information content (AvgIpc) is 3.74. The van der Waals surface area contributed by atoms with E-state index < -0.39 is 13.3 Å². The Morgan fingerprint density at radius 2 is 0.786 bits per heavy atom. The van der Waals surface area contributed by atoms with Crippen molar-refractivity contribution in [3.05, 3.63) is 206 Å². The minimum atomic E-state index is -3.53. The Hall–Kier alpha value is -6.24. The molecule has 0 aliphatic heterocycles. The van der Waals surface area contributed by atoms with Crippen molar-refractivity contribution in [2.45, 2.75) is 0 Å². The summed E-state index contributed by atoms with van der Waals surface area (Å²) in [6, 6.07) is 73.9. The fraction of sp³-hybridized carbons (Fsp3) is 0. The van der Waals surface area contributed by atoms with Crippen LogP contribution in [-0.2, 0) is 0 Å². The zero-order valence-corrected chi connectivity index (χ0v) is 34.1. The van der Waals surface area contributed by atoms with Gasteiger partial charge in [-0.15, -0.1) is 0 Å². The molecule has 264 valence electrons. The quantitative estimate of drug-likeness (QED) is 0.144. The van der Waals surface area contributed by atoms with Gasteiger partial charge in [0, 0.05) is 0 Å². The molecule has 0 fully saturated rings. The second kappa shape index (κ2) is 14.8. The molecule has 2 heterocycles. The fourth-order valence-electron chi connectivity index (χ4n) is 7.85. The van der Waals surface area contributed by atoms with Gasteiger partial charge in [0.05, 0.1) is 0 Å². The molecule has 0 bridgehead atoms. The molecule has 0 radical (unpaired) electrons. The van der Waals surface area contributed by atoms with E-state index >= 15 is 0 Å². The first kappa shape index (κ1) is 34.3. The van der Waals surface area contributed by atoms with Crippen LogP contribution in [-0.4, -0.2) is 47.7 Å². The van der Waals surface area contributed by atoms with Crippen LogP contribution in [0.4, 0.5) is 0 Å². The number of hydrogen-bond donors (Lipinski definition) is 0. The standard InChI is InChI=1S/C50H34GeN4Se/c1-6-17-36(18-7-1)47-53-48(55-49(54-47)39-30-29-35-31-32-45-46(44(35)34-39)56-50(52-45)37-19-8-2-9-20-37)38-21-16-28-43(33-38)51(40-22-10-3-11-23-40,41-24-12-4-13-25-41)42-26-14-5-15-27-42/h1-34H. The molecule has 0 N–H and O–H groups in total. The van der Waals surface area contributed by atoms with Gasteiger partial charge in [-0.3, -0.25) is 0 Å². The molecule has 8 aromatic carbocycles. The maximum atomic E-state index is 5.28. The van der Waals surface area contributed by atoms with Crippen LogP contribution in [0.2, 0.25) is 0 Å². The Morgan fingerprint density at radius 3 is 1.36 bits per heavy atom. The summed E-state index contributed by atoms with van der Waals surface area (Å²) >= 11 is -3.46. The van der Waals surface area contributed by atoms with Gasteiger partial charge < -0.3 is 0 Å². The number of fused-ring (bicyclic) bond motifs is 3. The Labute approximate surface area is 334 Å². The zero-order valence-electron chi connectivity index (χ0n) is 30.3. The van der Waals surface area contributed by atoms with Gasteiger partial charge >= 0.3 is 336 Å². The molecule has 0 saturated carbocycles. The van der Waals surface area contributed by atoms with E-state index in [1.54, 1.807) is 0 Å². The van der Waals surface area contributed by atoms with Gasteiger partial charge in [0.2, 0.25) is 0 Å². The first-order valence-corrected chi connectivity index (χ1v) is 24.6. The SMILES string of the molecule is c1ccc(-c2nc(-c3ccc[c]([Ge]([c]4ccccc4)([c]4ccccc4)[c]4ccccc4)c3)nc(-c3ccc4ccc5nc(-c6ccccc6)[se]c5c4c3)n2)cc1. The van der Waals surface area contributed by atoms with Crippen molar-refractivity contribution in [1.82, 2.24) is 19.9 Å². The van der Waals surface area contributed by atoms with Crippen LogP contribution in [0.5, 0.6) is 0 Å². The van der Waals surface area contributed by atoms with Crippen LogP contribution < -0.4 is 17.6 Å². The molecule has 0 spiro atoms. The Morgan fingerprint density at radius 1 is 0.339 bits per heavy atom. The molecule has 6 heteroatoms. The molecule has 0 amide bonds. The Bertz CT molecular complexity index is 2860. The normalized spacial score (nSPS) is 11.6. The molecule has 4 nitrogen and oxygen atoms in total. The summed E-state index contributed by atoms with van der Waals surface area (Å²) in [4.78, 5) is 20.7. The summed E-state index contributed by atoms with van der Waals surface area (Å²) in [5, 5.41) is 2.39. The molecule has 10 rings (SSSR count). The van der Waals surface area contributed by atoms with Crippen molar-refractivity contribution < 1.29 is 0 Å². The molecule has 0 atom stereocenters. The van der Waals surface area contributed by atoms with Gasteiger partial charge in [0.15, 0.2) is 0 Å². The van der Waals surface area contributed by atoms with Gasteiger partial charge in [-0.2, -0.15) is 0 Å². The van der Waals surface area contributed by atoms with E-state index in [0.717, 1.165) is 26.8 Å². The zero-order chi connectivity index (χ0) is 37.3. The van der Waals surface area contributed by atoms with Crippen LogP contribution in [0, 0.1) is 0 Å². The summed E-state index contributed by atoms with van der Waals surface area (Å²) in [5.41, 5.74) is 5.11. The summed E-state index contributed by atoms with van der Waals surface area (Å²) in [6.07, 6.45) is 0. The fourth-order valence-corrected chi connectivity index (χ4v) is 20.2. The first-order chi connectivity index (χ1) is 27.7. The molecule has 0 unspecified atom stereocenters. The Balaban J connectivity index is 1.17. The average molecular weight is 842 g/mol. The number of aromatic nitrogens is 4. The van der Waals surface area contributed by atoms with Gasteiger partial charge in [-0.25, -0.2) is 0 Å². The summed E-state index contributed by atoms with van der Waals surface area (Å²) in [7, 11) is 0. The molecule has 0 aliphatic rings. The molecule has 0 aliphatic carbocycles. The van der Waals surface area contributed by atoms with E-state index in [0.29, 0.717) is 17.5 Å². The van der Waals surface area contributed by atoms with Crippen molar-refractivity contribution in [2.24, 2.45) is 0 Å². The summed E-state index contributed by atoms with van der Waals surface area (Å²) < 4.78 is 7.87. The van der Waals surface area contributed by atoms with Crippen molar-refractivity contribution in [1.29, 1.82) is 0 Å². The van der Waals surface area contributed by atoms with Gasteiger partial charge in [-0.1, -0.05) is 0 Å². The van der Waals surface area contributed by atoms with Gasteiger partial charge in [-0.05, 0) is 0 Å². The third-order valence-corrected chi connectivity index (χ3v) is 22.9. The molecule has 56 heavy (non-hydrogen) atoms. The monoisotopic (exact) mass is 844 g/mol. The summed E-state index contributed by atoms with van der Waals surface area (Å²) in [5.74, 6) is 1.95. The maximum absolute atomic E-state index is 5.28. The third-order valence-electron chi connectivity index (χ3n) is 10.5. The van der Waals surface area contributed by atoms with Crippen molar-refractivity contribution in [3.8, 4) is 44.3 Å². The van der Waals surface area contributed by atoms with E-state index in [1.165, 1.54) is 38.2 Å². The number of nitrogens with zero attached hydrogens (tertiary/aromatic N) is 4. The van der Waals surface area contributed by atoms with Crippen LogP contribution in [0.3, 0.4) is 0 Å². The Kier molecular flexibility index (Phi) is 9.04. The molecular formula is C50H34GeN4Se. The van der Waals surface area contributed by atoms with Crippen LogP contribution >= 0.6 is 0 Å². The second-order valence-corrected chi connectivity index (χ2v) is 23.9. The second-order valence-electron chi connectivity index (χ2n) is 13.8. The van der Waals surface area contributed by atoms with Crippen LogP contribution in [0.25, 0.3) is 64.8 Å². The third kappa shape index (κ3) is 6.20. The van der Waals surface area contributed by atoms with E-state index in [-0.39, 0.29) is 14.5 Å². The minimum absolute atomic E-state index is 0.0722. The van der Waals surface area contributed by atoms with Crippen LogP contribution in [0.15, 0.2) is 206 Å². The van der Waals surface area contributed by atoms with E-state index in [4.69, 9.17) is 19.9 Å². The topological polar surface area (TPSA) is 51.6 Å². The predicted molar refractivity (Wildman–Crippen MR) is 235 cm³/mol. The van der Waals surface area contributed by atoms with Crippen molar-refractivity contribution in [2.75, 3.05) is 0 Å². The van der Waals surface area contributed by atoms with Crippen LogP contribution in [0.1, 0.15) is 0 Å². The molecule has 0 saturated heterocycles. The molecular weight excluding hydrogens is 808 g/mol. The van der Waals surface area contributed by atoms with E-state index in [9.17, 15) is 0 Å². The number of rotatable bonds is 8. The molecule has 10 aromatic rings. The first-order valence-electron chi connectivity index (χ1n) is 18.7. The molecule has 2 aromatic heterocycles. The van der Waals surface area contributed by atoms with E-state index in [2.05, 4.69) is 188 Å². The summed E-state index contributed by atoms with van der Waals surface area (Å²) in [6.45, 7) is 0. The number of hydrogen-bond acceptors (Lipinski definition) is 4.